The van der Waals surface area contributed by atoms with E-state index < -0.39 is 5.82 Å². The van der Waals surface area contributed by atoms with Crippen LogP contribution < -0.4 is 11.1 Å². The number of phenolic OH excluding ortho intramolecular Hbond substituents is 1. The molecule has 6 heteroatoms. The van der Waals surface area contributed by atoms with Crippen molar-refractivity contribution in [3.05, 3.63) is 23.0 Å². The van der Waals surface area contributed by atoms with Crippen LogP contribution in [-0.2, 0) is 0 Å². The van der Waals surface area contributed by atoms with Crippen molar-refractivity contribution in [1.82, 2.24) is 0 Å². The Labute approximate surface area is 84.3 Å². The van der Waals surface area contributed by atoms with Gasteiger partial charge in [0, 0.05) is 12.1 Å². The van der Waals surface area contributed by atoms with E-state index in [0.717, 1.165) is 12.1 Å². The summed E-state index contributed by atoms with van der Waals surface area (Å²) < 4.78 is 12.8. The Hall–Kier alpha value is -1.07. The van der Waals surface area contributed by atoms with E-state index in [-0.39, 0.29) is 21.6 Å². The van der Waals surface area contributed by atoms with E-state index in [0.29, 0.717) is 0 Å². The van der Waals surface area contributed by atoms with E-state index in [1.165, 1.54) is 0 Å². The highest BCUT2D eigenvalue weighted by atomic mass is 35.5. The van der Waals surface area contributed by atoms with Crippen LogP contribution >= 0.6 is 23.8 Å². The highest BCUT2D eigenvalue weighted by molar-refractivity contribution is 7.80. The molecule has 0 unspecified atom stereocenters. The van der Waals surface area contributed by atoms with Crippen LogP contribution in [0.2, 0.25) is 5.02 Å². The van der Waals surface area contributed by atoms with E-state index >= 15 is 0 Å². The van der Waals surface area contributed by atoms with E-state index in [1.54, 1.807) is 0 Å². The van der Waals surface area contributed by atoms with Crippen LogP contribution in [0.3, 0.4) is 0 Å². The van der Waals surface area contributed by atoms with E-state index in [1.807, 2.05) is 0 Å². The van der Waals surface area contributed by atoms with Gasteiger partial charge in [-0.25, -0.2) is 4.39 Å². The van der Waals surface area contributed by atoms with Crippen molar-refractivity contribution in [2.24, 2.45) is 5.73 Å². The first kappa shape index (κ1) is 10.0. The van der Waals surface area contributed by atoms with Gasteiger partial charge < -0.3 is 16.2 Å². The standard InChI is InChI=1S/C7H6ClFN2OS/c8-3-1-6(12)5(2-4(3)9)11-7(10)13/h1-2,12H,(H3,10,11,13). The zero-order chi connectivity index (χ0) is 10.0. The average molecular weight is 221 g/mol. The molecular formula is C7H6ClFN2OS. The molecule has 0 amide bonds. The monoisotopic (exact) mass is 220 g/mol. The van der Waals surface area contributed by atoms with Gasteiger partial charge in [0.05, 0.1) is 10.7 Å². The Balaban J connectivity index is 3.08. The second-order valence-electron chi connectivity index (χ2n) is 2.27. The molecule has 4 N–H and O–H groups in total. The lowest BCUT2D eigenvalue weighted by atomic mass is 10.3. The maximum absolute atomic E-state index is 12.8. The molecule has 0 fully saturated rings. The Morgan fingerprint density at radius 3 is 2.77 bits per heavy atom. The number of halogens is 2. The minimum absolute atomic E-state index is 0.0583. The van der Waals surface area contributed by atoms with Crippen LogP contribution in [0.25, 0.3) is 0 Å². The first-order chi connectivity index (χ1) is 6.00. The zero-order valence-corrected chi connectivity index (χ0v) is 7.92. The van der Waals surface area contributed by atoms with Crippen molar-refractivity contribution >= 4 is 34.6 Å². The van der Waals surface area contributed by atoms with Crippen molar-refractivity contribution in [3.8, 4) is 5.75 Å². The summed E-state index contributed by atoms with van der Waals surface area (Å²) in [6.07, 6.45) is 0. The Kier molecular flexibility index (Phi) is 2.90. The number of thiocarbonyl (C=S) groups is 1. The lowest BCUT2D eigenvalue weighted by Gasteiger charge is -2.06. The number of nitrogens with one attached hydrogen (secondary N) is 1. The summed E-state index contributed by atoms with van der Waals surface area (Å²) in [4.78, 5) is 0. The normalized spacial score (nSPS) is 9.69. The van der Waals surface area contributed by atoms with Crippen molar-refractivity contribution < 1.29 is 9.50 Å². The Morgan fingerprint density at radius 1 is 1.62 bits per heavy atom. The molecule has 70 valence electrons. The maximum atomic E-state index is 12.8. The van der Waals surface area contributed by atoms with Gasteiger partial charge in [0.15, 0.2) is 5.11 Å². The molecule has 0 spiro atoms. The van der Waals surface area contributed by atoms with Gasteiger partial charge in [-0.15, -0.1) is 0 Å². The minimum atomic E-state index is -0.654. The number of phenols is 1. The fourth-order valence-electron chi connectivity index (χ4n) is 0.769. The zero-order valence-electron chi connectivity index (χ0n) is 6.34. The van der Waals surface area contributed by atoms with Gasteiger partial charge in [0.1, 0.15) is 11.6 Å². The summed E-state index contributed by atoms with van der Waals surface area (Å²) >= 11 is 9.91. The number of hydrogen-bond acceptors (Lipinski definition) is 2. The summed E-state index contributed by atoms with van der Waals surface area (Å²) in [5.41, 5.74) is 5.23. The number of benzene rings is 1. The number of anilines is 1. The van der Waals surface area contributed by atoms with E-state index in [4.69, 9.17) is 17.3 Å². The van der Waals surface area contributed by atoms with Gasteiger partial charge >= 0.3 is 0 Å². The lowest BCUT2D eigenvalue weighted by molar-refractivity contribution is 0.476. The van der Waals surface area contributed by atoms with Gasteiger partial charge in [-0.2, -0.15) is 0 Å². The van der Waals surface area contributed by atoms with Crippen LogP contribution in [0.5, 0.6) is 5.75 Å². The molecule has 1 aromatic rings. The molecule has 0 saturated heterocycles. The molecule has 0 heterocycles. The van der Waals surface area contributed by atoms with Gasteiger partial charge in [0.25, 0.3) is 0 Å². The van der Waals surface area contributed by atoms with Crippen LogP contribution in [0.15, 0.2) is 12.1 Å². The molecule has 3 nitrogen and oxygen atoms in total. The largest absolute Gasteiger partial charge is 0.506 e. The lowest BCUT2D eigenvalue weighted by Crippen LogP contribution is -2.19. The third-order valence-electron chi connectivity index (χ3n) is 1.30. The van der Waals surface area contributed by atoms with Gasteiger partial charge in [-0.1, -0.05) is 11.6 Å². The number of nitrogens with two attached hydrogens (primary N) is 1. The van der Waals surface area contributed by atoms with Crippen molar-refractivity contribution in [2.75, 3.05) is 5.32 Å². The van der Waals surface area contributed by atoms with Crippen LogP contribution in [-0.4, -0.2) is 10.2 Å². The number of rotatable bonds is 1. The predicted octanol–water partition coefficient (Wildman–Crippen LogP) is 1.84. The quantitative estimate of drug-likeness (QED) is 0.499. The summed E-state index contributed by atoms with van der Waals surface area (Å²) in [5.74, 6) is -0.864. The smallest absolute Gasteiger partial charge is 0.168 e. The van der Waals surface area contributed by atoms with E-state index in [2.05, 4.69) is 17.5 Å². The molecule has 1 aromatic carbocycles. The molecule has 0 aromatic heterocycles. The molecular weight excluding hydrogens is 215 g/mol. The minimum Gasteiger partial charge on any atom is -0.506 e. The van der Waals surface area contributed by atoms with Crippen molar-refractivity contribution in [2.45, 2.75) is 0 Å². The second-order valence-corrected chi connectivity index (χ2v) is 3.12. The molecule has 1 rings (SSSR count). The molecule has 0 bridgehead atoms. The molecule has 0 aliphatic rings. The Bertz CT molecular complexity index is 359. The summed E-state index contributed by atoms with van der Waals surface area (Å²) in [6, 6.07) is 2.08. The molecule has 0 atom stereocenters. The molecule has 13 heavy (non-hydrogen) atoms. The fraction of sp³-hybridized carbons (Fsp3) is 0. The van der Waals surface area contributed by atoms with Gasteiger partial charge in [-0.3, -0.25) is 0 Å². The first-order valence-corrected chi connectivity index (χ1v) is 4.04. The summed E-state index contributed by atoms with van der Waals surface area (Å²) in [7, 11) is 0. The predicted molar refractivity (Wildman–Crippen MR) is 53.5 cm³/mol. The fourth-order valence-corrected chi connectivity index (χ4v) is 1.04. The average Bonchev–Trinajstić information content (AvgIpc) is 1.99. The van der Waals surface area contributed by atoms with Crippen LogP contribution in [0, 0.1) is 5.82 Å². The Morgan fingerprint density at radius 2 is 2.23 bits per heavy atom. The van der Waals surface area contributed by atoms with Crippen LogP contribution in [0.1, 0.15) is 0 Å². The summed E-state index contributed by atoms with van der Waals surface area (Å²) in [6.45, 7) is 0. The SMILES string of the molecule is NC(=S)Nc1cc(F)c(Cl)cc1O. The molecule has 0 radical (unpaired) electrons. The second kappa shape index (κ2) is 3.76. The maximum Gasteiger partial charge on any atom is 0.168 e. The third kappa shape index (κ3) is 2.43. The van der Waals surface area contributed by atoms with Crippen molar-refractivity contribution in [1.29, 1.82) is 0 Å². The topological polar surface area (TPSA) is 58.3 Å². The highest BCUT2D eigenvalue weighted by Gasteiger charge is 2.07. The molecule has 0 aliphatic heterocycles. The summed E-state index contributed by atoms with van der Waals surface area (Å²) in [5, 5.41) is 11.4. The molecule has 0 aliphatic carbocycles. The van der Waals surface area contributed by atoms with E-state index in [9.17, 15) is 9.50 Å². The highest BCUT2D eigenvalue weighted by Crippen LogP contribution is 2.29. The van der Waals surface area contributed by atoms with Gasteiger partial charge in [-0.05, 0) is 12.2 Å². The van der Waals surface area contributed by atoms with Crippen LogP contribution in [0.4, 0.5) is 10.1 Å². The van der Waals surface area contributed by atoms with Gasteiger partial charge in [0.2, 0.25) is 0 Å². The molecule has 0 saturated carbocycles. The number of aromatic hydroxyl groups is 1. The third-order valence-corrected chi connectivity index (χ3v) is 1.69. The first-order valence-electron chi connectivity index (χ1n) is 3.25. The van der Waals surface area contributed by atoms with Crippen molar-refractivity contribution in [3.63, 3.8) is 0 Å². The number of hydrogen-bond donors (Lipinski definition) is 3.